The number of nitrogens with one attached hydrogen (secondary N) is 1. The molecule has 0 aliphatic heterocycles. The van der Waals surface area contributed by atoms with Gasteiger partial charge in [0.1, 0.15) is 4.88 Å². The van der Waals surface area contributed by atoms with Gasteiger partial charge in [-0.1, -0.05) is 6.92 Å². The molecule has 0 atom stereocenters. The second-order valence-corrected chi connectivity index (χ2v) is 5.87. The van der Waals surface area contributed by atoms with Crippen molar-refractivity contribution in [1.29, 1.82) is 0 Å². The Morgan fingerprint density at radius 2 is 2.14 bits per heavy atom. The molecule has 6 heteroatoms. The summed E-state index contributed by atoms with van der Waals surface area (Å²) in [6.45, 7) is 3.43. The maximum Gasteiger partial charge on any atom is 0.263 e. The van der Waals surface area contributed by atoms with Gasteiger partial charge in [0.2, 0.25) is 0 Å². The van der Waals surface area contributed by atoms with Crippen LogP contribution >= 0.6 is 11.3 Å². The van der Waals surface area contributed by atoms with Crippen LogP contribution in [0.5, 0.6) is 0 Å². The van der Waals surface area contributed by atoms with Gasteiger partial charge >= 0.3 is 0 Å². The first-order chi connectivity index (χ1) is 10.1. The van der Waals surface area contributed by atoms with Crippen molar-refractivity contribution in [1.82, 2.24) is 10.3 Å². The molecule has 0 aliphatic rings. The van der Waals surface area contributed by atoms with Crippen molar-refractivity contribution < 1.29 is 4.79 Å². The lowest BCUT2D eigenvalue weighted by molar-refractivity contribution is 0.0958. The quantitative estimate of drug-likeness (QED) is 0.860. The van der Waals surface area contributed by atoms with Crippen molar-refractivity contribution in [3.8, 4) is 0 Å². The zero-order valence-corrected chi connectivity index (χ0v) is 13.1. The number of rotatable bonds is 6. The van der Waals surface area contributed by atoms with Crippen molar-refractivity contribution in [3.63, 3.8) is 0 Å². The van der Waals surface area contributed by atoms with Gasteiger partial charge in [-0.3, -0.25) is 9.78 Å². The molecule has 0 saturated carbocycles. The van der Waals surface area contributed by atoms with E-state index in [-0.39, 0.29) is 5.91 Å². The number of anilines is 2. The lowest BCUT2D eigenvalue weighted by Gasteiger charge is -2.16. The summed E-state index contributed by atoms with van der Waals surface area (Å²) in [7, 11) is 1.99. The number of aromatic nitrogens is 1. The molecule has 2 aromatic rings. The largest absolute Gasteiger partial charge is 0.397 e. The maximum atomic E-state index is 12.0. The third kappa shape index (κ3) is 3.95. The van der Waals surface area contributed by atoms with Gasteiger partial charge in [0.15, 0.2) is 0 Å². The van der Waals surface area contributed by atoms with Crippen LogP contribution in [-0.2, 0) is 6.54 Å². The van der Waals surface area contributed by atoms with Gasteiger partial charge in [0, 0.05) is 32.5 Å². The first-order valence-electron chi connectivity index (χ1n) is 6.89. The standard InChI is InChI=1S/C15H20N4OS/c1-3-6-18-15(20)14-12(16)9-13(21-14)19(2)10-11-4-7-17-8-5-11/h4-5,7-9H,3,6,10,16H2,1-2H3,(H,18,20). The van der Waals surface area contributed by atoms with Crippen molar-refractivity contribution in [2.24, 2.45) is 0 Å². The topological polar surface area (TPSA) is 71.2 Å². The second kappa shape index (κ2) is 7.08. The number of amides is 1. The van der Waals surface area contributed by atoms with Crippen LogP contribution in [0.3, 0.4) is 0 Å². The van der Waals surface area contributed by atoms with E-state index >= 15 is 0 Å². The number of thiophene rings is 1. The van der Waals surface area contributed by atoms with E-state index in [0.717, 1.165) is 23.5 Å². The van der Waals surface area contributed by atoms with E-state index in [1.54, 1.807) is 12.4 Å². The Labute approximate surface area is 128 Å². The summed E-state index contributed by atoms with van der Waals surface area (Å²) in [5, 5.41) is 3.83. The van der Waals surface area contributed by atoms with Crippen LogP contribution in [-0.4, -0.2) is 24.5 Å². The van der Waals surface area contributed by atoms with Crippen LogP contribution < -0.4 is 16.0 Å². The molecule has 0 radical (unpaired) electrons. The first-order valence-corrected chi connectivity index (χ1v) is 7.71. The molecule has 1 amide bonds. The predicted octanol–water partition coefficient (Wildman–Crippen LogP) is 2.50. The van der Waals surface area contributed by atoms with Gasteiger partial charge in [0.25, 0.3) is 5.91 Å². The minimum Gasteiger partial charge on any atom is -0.397 e. The van der Waals surface area contributed by atoms with Crippen molar-refractivity contribution in [3.05, 3.63) is 41.0 Å². The summed E-state index contributed by atoms with van der Waals surface area (Å²) in [6, 6.07) is 5.80. The minimum absolute atomic E-state index is 0.0945. The highest BCUT2D eigenvalue weighted by atomic mass is 32.1. The fourth-order valence-electron chi connectivity index (χ4n) is 1.92. The summed E-state index contributed by atoms with van der Waals surface area (Å²) in [5.74, 6) is -0.0945. The highest BCUT2D eigenvalue weighted by molar-refractivity contribution is 7.18. The van der Waals surface area contributed by atoms with Gasteiger partial charge in [-0.05, 0) is 30.2 Å². The van der Waals surface area contributed by atoms with Crippen LogP contribution in [0.25, 0.3) is 0 Å². The van der Waals surface area contributed by atoms with Crippen LogP contribution in [0.2, 0.25) is 0 Å². The predicted molar refractivity (Wildman–Crippen MR) is 87.7 cm³/mol. The number of hydrogen-bond acceptors (Lipinski definition) is 5. The van der Waals surface area contributed by atoms with Crippen LogP contribution in [0.4, 0.5) is 10.7 Å². The Morgan fingerprint density at radius 1 is 1.43 bits per heavy atom. The van der Waals surface area contributed by atoms with E-state index in [1.807, 2.05) is 32.2 Å². The number of nitrogens with two attached hydrogens (primary N) is 1. The monoisotopic (exact) mass is 304 g/mol. The van der Waals surface area contributed by atoms with Gasteiger partial charge in [-0.25, -0.2) is 0 Å². The Morgan fingerprint density at radius 3 is 2.81 bits per heavy atom. The Bertz CT molecular complexity index is 597. The molecule has 3 N–H and O–H groups in total. The van der Waals surface area contributed by atoms with Crippen molar-refractivity contribution in [2.45, 2.75) is 19.9 Å². The van der Waals surface area contributed by atoms with Crippen LogP contribution in [0.15, 0.2) is 30.6 Å². The Balaban J connectivity index is 2.08. The molecule has 0 spiro atoms. The molecule has 0 aliphatic carbocycles. The van der Waals surface area contributed by atoms with E-state index in [9.17, 15) is 4.79 Å². The number of carbonyl (C=O) groups excluding carboxylic acids is 1. The smallest absolute Gasteiger partial charge is 0.263 e. The molecule has 0 unspecified atom stereocenters. The molecule has 112 valence electrons. The lowest BCUT2D eigenvalue weighted by Crippen LogP contribution is -2.23. The fourth-order valence-corrected chi connectivity index (χ4v) is 2.87. The molecule has 2 rings (SSSR count). The highest BCUT2D eigenvalue weighted by Crippen LogP contribution is 2.32. The second-order valence-electron chi connectivity index (χ2n) is 4.84. The molecule has 21 heavy (non-hydrogen) atoms. The summed E-state index contributed by atoms with van der Waals surface area (Å²) in [6.07, 6.45) is 4.46. The van der Waals surface area contributed by atoms with Gasteiger partial charge in [-0.15, -0.1) is 11.3 Å². The van der Waals surface area contributed by atoms with E-state index in [2.05, 4.69) is 15.2 Å². The molecule has 5 nitrogen and oxygen atoms in total. The molecule has 0 fully saturated rings. The van der Waals surface area contributed by atoms with Crippen LogP contribution in [0, 0.1) is 0 Å². The summed E-state index contributed by atoms with van der Waals surface area (Å²) in [5.41, 5.74) is 7.65. The fraction of sp³-hybridized carbons (Fsp3) is 0.333. The molecule has 2 heterocycles. The molecule has 0 saturated heterocycles. The maximum absolute atomic E-state index is 12.0. The van der Waals surface area contributed by atoms with E-state index < -0.39 is 0 Å². The third-order valence-corrected chi connectivity index (χ3v) is 4.30. The zero-order valence-electron chi connectivity index (χ0n) is 12.3. The number of carbonyl (C=O) groups is 1. The number of nitrogens with zero attached hydrogens (tertiary/aromatic N) is 2. The van der Waals surface area contributed by atoms with Crippen molar-refractivity contribution >= 4 is 27.9 Å². The SMILES string of the molecule is CCCNC(=O)c1sc(N(C)Cc2ccncc2)cc1N. The van der Waals surface area contributed by atoms with Crippen LogP contribution in [0.1, 0.15) is 28.6 Å². The van der Waals surface area contributed by atoms with Gasteiger partial charge in [-0.2, -0.15) is 0 Å². The van der Waals surface area contributed by atoms with Crippen molar-refractivity contribution in [2.75, 3.05) is 24.2 Å². The average Bonchev–Trinajstić information content (AvgIpc) is 2.88. The Kier molecular flexibility index (Phi) is 5.16. The molecule has 2 aromatic heterocycles. The molecular formula is C15H20N4OS. The lowest BCUT2D eigenvalue weighted by atomic mass is 10.2. The minimum atomic E-state index is -0.0945. The normalized spacial score (nSPS) is 10.4. The van der Waals surface area contributed by atoms with Gasteiger partial charge < -0.3 is 16.0 Å². The third-order valence-electron chi connectivity index (χ3n) is 3.03. The van der Waals surface area contributed by atoms with E-state index in [0.29, 0.717) is 17.1 Å². The van der Waals surface area contributed by atoms with Gasteiger partial charge in [0.05, 0.1) is 10.7 Å². The highest BCUT2D eigenvalue weighted by Gasteiger charge is 2.16. The Hall–Kier alpha value is -2.08. The summed E-state index contributed by atoms with van der Waals surface area (Å²) >= 11 is 1.42. The molecule has 0 bridgehead atoms. The van der Waals surface area contributed by atoms with E-state index in [1.165, 1.54) is 11.3 Å². The first kappa shape index (κ1) is 15.3. The number of hydrogen-bond donors (Lipinski definition) is 2. The average molecular weight is 304 g/mol. The zero-order chi connectivity index (χ0) is 15.2. The number of pyridine rings is 1. The number of nitrogen functional groups attached to an aromatic ring is 1. The summed E-state index contributed by atoms with van der Waals surface area (Å²) in [4.78, 5) is 18.7. The van der Waals surface area contributed by atoms with E-state index in [4.69, 9.17) is 5.73 Å². The molecular weight excluding hydrogens is 284 g/mol. The summed E-state index contributed by atoms with van der Waals surface area (Å²) < 4.78 is 0. The molecule has 0 aromatic carbocycles.